The molecule has 2 fully saturated rings. The molecule has 2 heterocycles. The van der Waals surface area contributed by atoms with Crippen molar-refractivity contribution in [2.75, 3.05) is 40.3 Å². The SMILES string of the molecule is CCCC(CNC)N1CCC2C(CCCN2C)C1. The maximum Gasteiger partial charge on any atom is 0.0220 e. The lowest BCUT2D eigenvalue weighted by molar-refractivity contribution is 0.0186. The van der Waals surface area contributed by atoms with Crippen molar-refractivity contribution in [2.24, 2.45) is 5.92 Å². The lowest BCUT2D eigenvalue weighted by Gasteiger charge is -2.48. The quantitative estimate of drug-likeness (QED) is 0.806. The Bertz CT molecular complexity index is 238. The van der Waals surface area contributed by atoms with Crippen LogP contribution >= 0.6 is 0 Å². The second kappa shape index (κ2) is 6.88. The van der Waals surface area contributed by atoms with Crippen LogP contribution in [0, 0.1) is 5.92 Å². The van der Waals surface area contributed by atoms with E-state index in [-0.39, 0.29) is 0 Å². The molecule has 0 aliphatic carbocycles. The Labute approximate surface area is 113 Å². The zero-order valence-corrected chi connectivity index (χ0v) is 12.5. The van der Waals surface area contributed by atoms with Gasteiger partial charge in [0.25, 0.3) is 0 Å². The van der Waals surface area contributed by atoms with Crippen molar-refractivity contribution < 1.29 is 0 Å². The zero-order valence-electron chi connectivity index (χ0n) is 12.5. The van der Waals surface area contributed by atoms with Gasteiger partial charge in [0.2, 0.25) is 0 Å². The van der Waals surface area contributed by atoms with E-state index in [9.17, 15) is 0 Å². The maximum absolute atomic E-state index is 3.38. The molecule has 0 radical (unpaired) electrons. The number of piperidine rings is 2. The van der Waals surface area contributed by atoms with Crippen molar-refractivity contribution in [1.82, 2.24) is 15.1 Å². The normalized spacial score (nSPS) is 32.2. The van der Waals surface area contributed by atoms with Gasteiger partial charge in [0.15, 0.2) is 0 Å². The fraction of sp³-hybridized carbons (Fsp3) is 1.00. The van der Waals surface area contributed by atoms with E-state index in [1.807, 2.05) is 0 Å². The van der Waals surface area contributed by atoms with Crippen LogP contribution in [-0.4, -0.2) is 62.2 Å². The van der Waals surface area contributed by atoms with Gasteiger partial charge in [-0.1, -0.05) is 13.3 Å². The van der Waals surface area contributed by atoms with Gasteiger partial charge < -0.3 is 10.2 Å². The monoisotopic (exact) mass is 253 g/mol. The summed E-state index contributed by atoms with van der Waals surface area (Å²) in [4.78, 5) is 5.37. The van der Waals surface area contributed by atoms with Crippen molar-refractivity contribution in [2.45, 2.75) is 51.1 Å². The summed E-state index contributed by atoms with van der Waals surface area (Å²) in [6.07, 6.45) is 6.87. The van der Waals surface area contributed by atoms with Gasteiger partial charge in [-0.05, 0) is 58.8 Å². The first-order valence-corrected chi connectivity index (χ1v) is 7.85. The minimum absolute atomic E-state index is 0.758. The summed E-state index contributed by atoms with van der Waals surface area (Å²) < 4.78 is 0. The molecule has 0 aromatic heterocycles. The zero-order chi connectivity index (χ0) is 13.0. The Morgan fingerprint density at radius 2 is 2.11 bits per heavy atom. The Kier molecular flexibility index (Phi) is 5.46. The molecule has 1 N–H and O–H groups in total. The summed E-state index contributed by atoms with van der Waals surface area (Å²) in [5.41, 5.74) is 0. The largest absolute Gasteiger partial charge is 0.318 e. The first-order valence-electron chi connectivity index (χ1n) is 7.85. The number of hydrogen-bond donors (Lipinski definition) is 1. The number of nitrogens with zero attached hydrogens (tertiary/aromatic N) is 2. The summed E-state index contributed by atoms with van der Waals surface area (Å²) in [7, 11) is 4.41. The van der Waals surface area contributed by atoms with Crippen LogP contribution in [0.25, 0.3) is 0 Å². The van der Waals surface area contributed by atoms with Crippen LogP contribution < -0.4 is 5.32 Å². The lowest BCUT2D eigenvalue weighted by atomic mass is 9.83. The molecule has 3 heteroatoms. The van der Waals surface area contributed by atoms with Gasteiger partial charge in [0.05, 0.1) is 0 Å². The highest BCUT2D eigenvalue weighted by Gasteiger charge is 2.35. The topological polar surface area (TPSA) is 18.5 Å². The van der Waals surface area contributed by atoms with Crippen molar-refractivity contribution in [3.05, 3.63) is 0 Å². The van der Waals surface area contributed by atoms with E-state index >= 15 is 0 Å². The van der Waals surface area contributed by atoms with Crippen LogP contribution in [0.3, 0.4) is 0 Å². The van der Waals surface area contributed by atoms with Crippen LogP contribution in [0.1, 0.15) is 39.0 Å². The lowest BCUT2D eigenvalue weighted by Crippen LogP contribution is -2.56. The molecule has 0 aromatic carbocycles. The van der Waals surface area contributed by atoms with Crippen molar-refractivity contribution in [3.63, 3.8) is 0 Å². The predicted octanol–water partition coefficient (Wildman–Crippen LogP) is 1.79. The van der Waals surface area contributed by atoms with Gasteiger partial charge in [-0.2, -0.15) is 0 Å². The molecule has 2 aliphatic heterocycles. The van der Waals surface area contributed by atoms with Gasteiger partial charge in [0, 0.05) is 25.2 Å². The van der Waals surface area contributed by atoms with E-state index in [1.54, 1.807) is 0 Å². The van der Waals surface area contributed by atoms with Crippen LogP contribution in [0.2, 0.25) is 0 Å². The van der Waals surface area contributed by atoms with Gasteiger partial charge in [0.1, 0.15) is 0 Å². The average molecular weight is 253 g/mol. The number of hydrogen-bond acceptors (Lipinski definition) is 3. The van der Waals surface area contributed by atoms with Crippen LogP contribution in [0.4, 0.5) is 0 Å². The van der Waals surface area contributed by atoms with Gasteiger partial charge in [-0.3, -0.25) is 4.90 Å². The van der Waals surface area contributed by atoms with E-state index in [0.29, 0.717) is 0 Å². The Balaban J connectivity index is 1.92. The molecule has 3 atom stereocenters. The molecule has 2 aliphatic rings. The molecule has 18 heavy (non-hydrogen) atoms. The third-order valence-electron chi connectivity index (χ3n) is 4.96. The molecule has 3 unspecified atom stereocenters. The van der Waals surface area contributed by atoms with E-state index in [2.05, 4.69) is 36.1 Å². The fourth-order valence-corrected chi connectivity index (χ4v) is 3.99. The number of likely N-dealkylation sites (tertiary alicyclic amines) is 2. The first kappa shape index (κ1) is 14.3. The van der Waals surface area contributed by atoms with Crippen LogP contribution in [-0.2, 0) is 0 Å². The van der Waals surface area contributed by atoms with E-state index in [1.165, 1.54) is 51.7 Å². The molecule has 0 bridgehead atoms. The minimum atomic E-state index is 0.758. The van der Waals surface area contributed by atoms with Gasteiger partial charge in [-0.15, -0.1) is 0 Å². The molecular weight excluding hydrogens is 222 g/mol. The Morgan fingerprint density at radius 3 is 2.83 bits per heavy atom. The summed E-state index contributed by atoms with van der Waals surface area (Å²) in [5, 5.41) is 3.38. The minimum Gasteiger partial charge on any atom is -0.318 e. The van der Waals surface area contributed by atoms with Crippen molar-refractivity contribution in [3.8, 4) is 0 Å². The molecule has 0 spiro atoms. The standard InChI is InChI=1S/C15H31N3/c1-4-6-14(11-16-2)18-10-8-15-13(12-18)7-5-9-17(15)3/h13-16H,4-12H2,1-3H3. The molecular formula is C15H31N3. The number of rotatable bonds is 5. The molecule has 0 aromatic rings. The highest BCUT2D eigenvalue weighted by Crippen LogP contribution is 2.30. The van der Waals surface area contributed by atoms with Gasteiger partial charge >= 0.3 is 0 Å². The molecule has 0 saturated carbocycles. The molecule has 3 nitrogen and oxygen atoms in total. The molecule has 0 amide bonds. The van der Waals surface area contributed by atoms with Crippen molar-refractivity contribution >= 4 is 0 Å². The second-order valence-electron chi connectivity index (χ2n) is 6.23. The second-order valence-corrected chi connectivity index (χ2v) is 6.23. The smallest absolute Gasteiger partial charge is 0.0220 e. The Hall–Kier alpha value is -0.120. The fourth-order valence-electron chi connectivity index (χ4n) is 3.99. The van der Waals surface area contributed by atoms with E-state index in [4.69, 9.17) is 0 Å². The third kappa shape index (κ3) is 3.25. The molecule has 2 rings (SSSR count). The highest BCUT2D eigenvalue weighted by atomic mass is 15.2. The number of fused-ring (bicyclic) bond motifs is 1. The summed E-state index contributed by atoms with van der Waals surface area (Å²) >= 11 is 0. The number of nitrogens with one attached hydrogen (secondary N) is 1. The average Bonchev–Trinajstić information content (AvgIpc) is 2.38. The summed E-state index contributed by atoms with van der Waals surface area (Å²) in [6.45, 7) is 7.42. The molecule has 2 saturated heterocycles. The van der Waals surface area contributed by atoms with Crippen LogP contribution in [0.15, 0.2) is 0 Å². The predicted molar refractivity (Wildman–Crippen MR) is 78.0 cm³/mol. The first-order chi connectivity index (χ1) is 8.76. The van der Waals surface area contributed by atoms with Crippen LogP contribution in [0.5, 0.6) is 0 Å². The van der Waals surface area contributed by atoms with E-state index in [0.717, 1.165) is 24.5 Å². The van der Waals surface area contributed by atoms with E-state index < -0.39 is 0 Å². The third-order valence-corrected chi connectivity index (χ3v) is 4.96. The summed E-state index contributed by atoms with van der Waals surface area (Å²) in [6, 6.07) is 1.63. The van der Waals surface area contributed by atoms with Gasteiger partial charge in [-0.25, -0.2) is 0 Å². The highest BCUT2D eigenvalue weighted by molar-refractivity contribution is 4.91. The maximum atomic E-state index is 3.38. The Morgan fingerprint density at radius 1 is 1.28 bits per heavy atom. The van der Waals surface area contributed by atoms with Crippen molar-refractivity contribution in [1.29, 1.82) is 0 Å². The molecule has 106 valence electrons. The number of likely N-dealkylation sites (N-methyl/N-ethyl adjacent to an activating group) is 1. The summed E-state index contributed by atoms with van der Waals surface area (Å²) in [5.74, 6) is 0.925.